The van der Waals surface area contributed by atoms with E-state index in [1.165, 1.54) is 11.3 Å². The highest BCUT2D eigenvalue weighted by Crippen LogP contribution is 2.52. The minimum Gasteiger partial charge on any atom is -0.496 e. The normalized spacial score (nSPS) is 22.1. The lowest BCUT2D eigenvalue weighted by molar-refractivity contribution is -0.124. The van der Waals surface area contributed by atoms with Gasteiger partial charge in [-0.2, -0.15) is 0 Å². The van der Waals surface area contributed by atoms with Gasteiger partial charge < -0.3 is 15.0 Å². The molecule has 2 aliphatic heterocycles. The molecule has 0 bridgehead atoms. The third-order valence-corrected chi connectivity index (χ3v) is 6.78. The number of rotatable bonds is 3. The van der Waals surface area contributed by atoms with E-state index < -0.39 is 5.66 Å². The molecule has 1 N–H and O–H groups in total. The van der Waals surface area contributed by atoms with Crippen molar-refractivity contribution in [3.63, 3.8) is 0 Å². The van der Waals surface area contributed by atoms with Crippen LogP contribution in [0.4, 0.5) is 5.69 Å². The second kappa shape index (κ2) is 6.63. The molecule has 152 valence electrons. The molecule has 1 atom stereocenters. The number of hydrogen-bond donors (Lipinski definition) is 1. The van der Waals surface area contributed by atoms with Crippen LogP contribution >= 0.6 is 0 Å². The molecule has 30 heavy (non-hydrogen) atoms. The lowest BCUT2D eigenvalue weighted by atomic mass is 9.74. The van der Waals surface area contributed by atoms with Crippen LogP contribution in [0.25, 0.3) is 16.8 Å². The number of amides is 1. The van der Waals surface area contributed by atoms with Crippen LogP contribution in [0.15, 0.2) is 66.7 Å². The van der Waals surface area contributed by atoms with Crippen molar-refractivity contribution in [2.24, 2.45) is 0 Å². The van der Waals surface area contributed by atoms with Gasteiger partial charge in [0.2, 0.25) is 5.91 Å². The minimum absolute atomic E-state index is 0.0849. The topological polar surface area (TPSA) is 41.6 Å². The van der Waals surface area contributed by atoms with Crippen LogP contribution in [0.5, 0.6) is 5.75 Å². The van der Waals surface area contributed by atoms with E-state index in [1.807, 2.05) is 18.2 Å². The van der Waals surface area contributed by atoms with Gasteiger partial charge in [0.25, 0.3) is 0 Å². The van der Waals surface area contributed by atoms with Crippen LogP contribution in [0, 0.1) is 0 Å². The highest BCUT2D eigenvalue weighted by Gasteiger charge is 2.57. The summed E-state index contributed by atoms with van der Waals surface area (Å²) in [6.07, 6.45) is 4.78. The van der Waals surface area contributed by atoms with Crippen molar-refractivity contribution in [1.82, 2.24) is 5.32 Å². The van der Waals surface area contributed by atoms with E-state index in [0.717, 1.165) is 22.1 Å². The summed E-state index contributed by atoms with van der Waals surface area (Å²) in [5.74, 6) is 0.907. The van der Waals surface area contributed by atoms with Gasteiger partial charge in [-0.15, -0.1) is 0 Å². The van der Waals surface area contributed by atoms with Crippen LogP contribution in [-0.2, 0) is 10.2 Å². The Hall–Kier alpha value is -3.27. The van der Waals surface area contributed by atoms with Gasteiger partial charge in [-0.1, -0.05) is 68.5 Å². The van der Waals surface area contributed by atoms with E-state index in [4.69, 9.17) is 4.74 Å². The van der Waals surface area contributed by atoms with Gasteiger partial charge in [0.15, 0.2) is 0 Å². The Bertz CT molecular complexity index is 1180. The Labute approximate surface area is 177 Å². The molecule has 1 amide bonds. The number of ether oxygens (including phenoxy) is 1. The lowest BCUT2D eigenvalue weighted by Crippen LogP contribution is -2.68. The van der Waals surface area contributed by atoms with Crippen molar-refractivity contribution < 1.29 is 9.53 Å². The Morgan fingerprint density at radius 2 is 1.80 bits per heavy atom. The molecule has 4 nitrogen and oxygen atoms in total. The van der Waals surface area contributed by atoms with Crippen LogP contribution in [0.1, 0.15) is 31.4 Å². The maximum Gasteiger partial charge on any atom is 0.223 e. The maximum absolute atomic E-state index is 12.6. The van der Waals surface area contributed by atoms with Gasteiger partial charge >= 0.3 is 0 Å². The number of benzene rings is 3. The molecule has 0 aromatic heterocycles. The van der Waals surface area contributed by atoms with Gasteiger partial charge in [-0.3, -0.25) is 4.79 Å². The van der Waals surface area contributed by atoms with Crippen molar-refractivity contribution >= 4 is 28.4 Å². The summed E-state index contributed by atoms with van der Waals surface area (Å²) in [4.78, 5) is 14.9. The highest BCUT2D eigenvalue weighted by atomic mass is 16.5. The zero-order valence-electron chi connectivity index (χ0n) is 17.6. The first kappa shape index (κ1) is 18.7. The molecule has 5 rings (SSSR count). The quantitative estimate of drug-likeness (QED) is 0.684. The fraction of sp³-hybridized carbons (Fsp3) is 0.269. The molecule has 0 saturated carbocycles. The Morgan fingerprint density at radius 3 is 2.63 bits per heavy atom. The molecule has 2 aliphatic rings. The zero-order chi connectivity index (χ0) is 20.9. The predicted octanol–water partition coefficient (Wildman–Crippen LogP) is 4.88. The van der Waals surface area contributed by atoms with Crippen molar-refractivity contribution in [2.45, 2.75) is 31.3 Å². The number of para-hydroxylation sites is 1. The summed E-state index contributed by atoms with van der Waals surface area (Å²) < 4.78 is 5.69. The number of hydrogen-bond acceptors (Lipinski definition) is 3. The molecule has 0 radical (unpaired) electrons. The molecule has 0 aliphatic carbocycles. The van der Waals surface area contributed by atoms with Gasteiger partial charge in [0.05, 0.1) is 7.11 Å². The summed E-state index contributed by atoms with van der Waals surface area (Å²) in [5.41, 5.74) is 2.54. The van der Waals surface area contributed by atoms with Crippen molar-refractivity contribution in [3.8, 4) is 5.75 Å². The van der Waals surface area contributed by atoms with Crippen LogP contribution in [0.2, 0.25) is 0 Å². The minimum atomic E-state index is -0.631. The average molecular weight is 399 g/mol. The van der Waals surface area contributed by atoms with Crippen LogP contribution < -0.4 is 15.0 Å². The molecule has 3 aromatic rings. The third-order valence-electron chi connectivity index (χ3n) is 6.78. The molecular weight excluding hydrogens is 372 g/mol. The lowest BCUT2D eigenvalue weighted by Gasteiger charge is -2.49. The number of carbonyl (C=O) groups excluding carboxylic acids is 1. The average Bonchev–Trinajstić information content (AvgIpc) is 2.95. The molecule has 0 spiro atoms. The Kier molecular flexibility index (Phi) is 4.14. The van der Waals surface area contributed by atoms with E-state index in [9.17, 15) is 4.79 Å². The molecule has 4 heteroatoms. The second-order valence-corrected chi connectivity index (χ2v) is 8.59. The number of methoxy groups -OCH3 is 1. The molecule has 1 fully saturated rings. The van der Waals surface area contributed by atoms with Gasteiger partial charge in [-0.25, -0.2) is 0 Å². The van der Waals surface area contributed by atoms with E-state index in [0.29, 0.717) is 13.0 Å². The number of fused-ring (bicyclic) bond motifs is 4. The zero-order valence-corrected chi connectivity index (χ0v) is 17.6. The summed E-state index contributed by atoms with van der Waals surface area (Å²) >= 11 is 0. The monoisotopic (exact) mass is 398 g/mol. The fourth-order valence-corrected chi connectivity index (χ4v) is 5.15. The summed E-state index contributed by atoms with van der Waals surface area (Å²) in [7, 11) is 1.70. The fourth-order valence-electron chi connectivity index (χ4n) is 5.15. The third kappa shape index (κ3) is 2.49. The maximum atomic E-state index is 12.6. The Balaban J connectivity index is 1.71. The molecule has 0 unspecified atom stereocenters. The number of nitrogens with zero attached hydrogens (tertiary/aromatic N) is 1. The molecule has 3 aromatic carbocycles. The van der Waals surface area contributed by atoms with E-state index in [1.54, 1.807) is 7.11 Å². The predicted molar refractivity (Wildman–Crippen MR) is 122 cm³/mol. The van der Waals surface area contributed by atoms with Gasteiger partial charge in [0, 0.05) is 29.6 Å². The largest absolute Gasteiger partial charge is 0.496 e. The van der Waals surface area contributed by atoms with E-state index >= 15 is 0 Å². The second-order valence-electron chi connectivity index (χ2n) is 8.59. The van der Waals surface area contributed by atoms with E-state index in [2.05, 4.69) is 78.7 Å². The van der Waals surface area contributed by atoms with E-state index in [-0.39, 0.29) is 11.3 Å². The van der Waals surface area contributed by atoms with Crippen molar-refractivity contribution in [2.75, 3.05) is 18.6 Å². The van der Waals surface area contributed by atoms with Gasteiger partial charge in [0.1, 0.15) is 11.4 Å². The number of anilines is 1. The molecule has 2 heterocycles. The first-order chi connectivity index (χ1) is 14.5. The highest BCUT2D eigenvalue weighted by molar-refractivity contribution is 5.94. The first-order valence-electron chi connectivity index (χ1n) is 10.4. The van der Waals surface area contributed by atoms with Crippen molar-refractivity contribution in [3.05, 3.63) is 77.9 Å². The van der Waals surface area contributed by atoms with Gasteiger partial charge in [-0.05, 0) is 34.5 Å². The smallest absolute Gasteiger partial charge is 0.223 e. The SMILES string of the molecule is COc1ccc2ccccc2c1/C=C/[C@]12NC(=O)CCN1c1ccccc1C2(C)C. The number of carbonyl (C=O) groups is 1. The van der Waals surface area contributed by atoms with Crippen LogP contribution in [0.3, 0.4) is 0 Å². The standard InChI is InChI=1S/C26H26N2O2/c1-25(2)21-10-6-7-11-22(21)28-17-15-24(29)27-26(25,28)16-14-20-19-9-5-4-8-18(19)12-13-23(20)30-3/h4-14,16H,15,17H2,1-3H3,(H,27,29)/b16-14+/t26-/m0/s1. The molecule has 1 saturated heterocycles. The number of nitrogens with one attached hydrogen (secondary N) is 1. The molecular formula is C26H26N2O2. The summed E-state index contributed by atoms with van der Waals surface area (Å²) in [5, 5.41) is 5.64. The summed E-state index contributed by atoms with van der Waals surface area (Å²) in [6, 6.07) is 20.9. The van der Waals surface area contributed by atoms with Crippen LogP contribution in [-0.4, -0.2) is 25.2 Å². The summed E-state index contributed by atoms with van der Waals surface area (Å²) in [6.45, 7) is 5.12. The first-order valence-corrected chi connectivity index (χ1v) is 10.4. The van der Waals surface area contributed by atoms with Crippen molar-refractivity contribution in [1.29, 1.82) is 0 Å². The Morgan fingerprint density at radius 1 is 1.03 bits per heavy atom.